The van der Waals surface area contributed by atoms with Gasteiger partial charge in [0.25, 0.3) is 5.69 Å². The van der Waals surface area contributed by atoms with Crippen LogP contribution in [0.1, 0.15) is 5.56 Å². The highest BCUT2D eigenvalue weighted by atomic mass is 32.2. The molecule has 0 bridgehead atoms. The van der Waals surface area contributed by atoms with Crippen molar-refractivity contribution in [3.63, 3.8) is 0 Å². The lowest BCUT2D eigenvalue weighted by Crippen LogP contribution is -2.34. The standard InChI is InChI=1S/C10H12N2O6S/c1-19(17,18)11(7-10(13)14)6-8-2-4-9(5-3-8)12(15)16/h2-5H,6-7H2,1H3,(H,13,14). The van der Waals surface area contributed by atoms with Gasteiger partial charge in [0.2, 0.25) is 10.0 Å². The van der Waals surface area contributed by atoms with Crippen molar-refractivity contribution >= 4 is 21.7 Å². The number of carboxylic acids is 1. The van der Waals surface area contributed by atoms with E-state index in [2.05, 4.69) is 0 Å². The first-order chi connectivity index (χ1) is 8.70. The highest BCUT2D eigenvalue weighted by Crippen LogP contribution is 2.14. The number of hydrogen-bond donors (Lipinski definition) is 1. The molecule has 1 aromatic carbocycles. The second-order valence-corrected chi connectivity index (χ2v) is 5.83. The van der Waals surface area contributed by atoms with Gasteiger partial charge in [-0.05, 0) is 5.56 Å². The molecule has 0 aliphatic rings. The zero-order chi connectivity index (χ0) is 14.6. The molecule has 0 aliphatic carbocycles. The lowest BCUT2D eigenvalue weighted by Gasteiger charge is -2.17. The van der Waals surface area contributed by atoms with Crippen molar-refractivity contribution < 1.29 is 23.2 Å². The Hall–Kier alpha value is -2.00. The van der Waals surface area contributed by atoms with Crippen LogP contribution >= 0.6 is 0 Å². The molecule has 104 valence electrons. The van der Waals surface area contributed by atoms with E-state index in [0.29, 0.717) is 5.56 Å². The van der Waals surface area contributed by atoms with Crippen molar-refractivity contribution in [2.24, 2.45) is 0 Å². The molecule has 0 amide bonds. The SMILES string of the molecule is CS(=O)(=O)N(CC(=O)O)Cc1ccc([N+](=O)[O-])cc1. The predicted octanol–water partition coefficient (Wildman–Crippen LogP) is 0.441. The van der Waals surface area contributed by atoms with Crippen LogP contribution in [0.3, 0.4) is 0 Å². The third kappa shape index (κ3) is 4.64. The maximum Gasteiger partial charge on any atom is 0.318 e. The van der Waals surface area contributed by atoms with Gasteiger partial charge < -0.3 is 5.11 Å². The summed E-state index contributed by atoms with van der Waals surface area (Å²) in [7, 11) is -3.67. The topological polar surface area (TPSA) is 118 Å². The summed E-state index contributed by atoms with van der Waals surface area (Å²) in [6.45, 7) is -0.807. The van der Waals surface area contributed by atoms with Gasteiger partial charge >= 0.3 is 5.97 Å². The van der Waals surface area contributed by atoms with Gasteiger partial charge in [-0.25, -0.2) is 8.42 Å². The van der Waals surface area contributed by atoms with Crippen molar-refractivity contribution in [1.82, 2.24) is 4.31 Å². The Balaban J connectivity index is 2.91. The van der Waals surface area contributed by atoms with Crippen molar-refractivity contribution in [3.05, 3.63) is 39.9 Å². The summed E-state index contributed by atoms with van der Waals surface area (Å²) >= 11 is 0. The van der Waals surface area contributed by atoms with Crippen LogP contribution in [0, 0.1) is 10.1 Å². The lowest BCUT2D eigenvalue weighted by molar-refractivity contribution is -0.384. The van der Waals surface area contributed by atoms with Crippen molar-refractivity contribution in [2.45, 2.75) is 6.54 Å². The highest BCUT2D eigenvalue weighted by Gasteiger charge is 2.20. The number of aliphatic carboxylic acids is 1. The number of rotatable bonds is 6. The Morgan fingerprint density at radius 3 is 2.26 bits per heavy atom. The largest absolute Gasteiger partial charge is 0.480 e. The number of hydrogen-bond acceptors (Lipinski definition) is 5. The van der Waals surface area contributed by atoms with Crippen LogP contribution < -0.4 is 0 Å². The van der Waals surface area contributed by atoms with E-state index in [-0.39, 0.29) is 12.2 Å². The van der Waals surface area contributed by atoms with Crippen molar-refractivity contribution in [1.29, 1.82) is 0 Å². The Morgan fingerprint density at radius 1 is 1.37 bits per heavy atom. The van der Waals surface area contributed by atoms with E-state index in [1.54, 1.807) is 0 Å². The second-order valence-electron chi connectivity index (χ2n) is 3.85. The van der Waals surface area contributed by atoms with Gasteiger partial charge in [0, 0.05) is 18.7 Å². The average Bonchev–Trinajstić information content (AvgIpc) is 2.27. The summed E-state index contributed by atoms with van der Waals surface area (Å²) < 4.78 is 23.6. The van der Waals surface area contributed by atoms with Gasteiger partial charge in [-0.1, -0.05) is 12.1 Å². The molecule has 0 atom stereocenters. The Morgan fingerprint density at radius 2 is 1.89 bits per heavy atom. The van der Waals surface area contributed by atoms with Gasteiger partial charge in [0.05, 0.1) is 11.2 Å². The first kappa shape index (κ1) is 15.1. The van der Waals surface area contributed by atoms with E-state index in [0.717, 1.165) is 10.6 Å². The van der Waals surface area contributed by atoms with Crippen LogP contribution in [0.5, 0.6) is 0 Å². The molecule has 0 fully saturated rings. The van der Waals surface area contributed by atoms with Crippen LogP contribution in [0.25, 0.3) is 0 Å². The number of carboxylic acid groups (broad SMARTS) is 1. The average molecular weight is 288 g/mol. The molecule has 0 aliphatic heterocycles. The number of non-ortho nitro benzene ring substituents is 1. The Bertz CT molecular complexity index is 581. The fourth-order valence-corrected chi connectivity index (χ4v) is 2.10. The summed E-state index contributed by atoms with van der Waals surface area (Å²) in [5.74, 6) is -1.27. The fourth-order valence-electron chi connectivity index (χ4n) is 1.37. The van der Waals surface area contributed by atoms with Crippen LogP contribution in [0.2, 0.25) is 0 Å². The van der Waals surface area contributed by atoms with Crippen LogP contribution in [0.4, 0.5) is 5.69 Å². The van der Waals surface area contributed by atoms with E-state index >= 15 is 0 Å². The minimum atomic E-state index is -3.67. The zero-order valence-corrected chi connectivity index (χ0v) is 10.8. The Kier molecular flexibility index (Phi) is 4.57. The van der Waals surface area contributed by atoms with Gasteiger partial charge in [0.15, 0.2) is 0 Å². The quantitative estimate of drug-likeness (QED) is 0.599. The maximum atomic E-state index is 11.4. The van der Waals surface area contributed by atoms with Crippen LogP contribution in [-0.4, -0.2) is 41.5 Å². The van der Waals surface area contributed by atoms with E-state index in [1.807, 2.05) is 0 Å². The second kappa shape index (κ2) is 5.76. The number of carbonyl (C=O) groups is 1. The summed E-state index contributed by atoms with van der Waals surface area (Å²) in [4.78, 5) is 20.5. The van der Waals surface area contributed by atoms with Gasteiger partial charge in [-0.15, -0.1) is 0 Å². The monoisotopic (exact) mass is 288 g/mol. The number of nitro groups is 1. The number of nitro benzene ring substituents is 1. The molecule has 0 saturated carbocycles. The normalized spacial score (nSPS) is 11.5. The minimum absolute atomic E-state index is 0.118. The third-order valence-corrected chi connectivity index (χ3v) is 3.48. The smallest absolute Gasteiger partial charge is 0.318 e. The molecular weight excluding hydrogens is 276 g/mol. The molecule has 9 heteroatoms. The summed E-state index contributed by atoms with van der Waals surface area (Å²) in [6, 6.07) is 5.24. The molecule has 0 saturated heterocycles. The van der Waals surface area contributed by atoms with Crippen LogP contribution in [0.15, 0.2) is 24.3 Å². The summed E-state index contributed by atoms with van der Waals surface area (Å²) in [5, 5.41) is 19.1. The molecular formula is C10H12N2O6S. The first-order valence-corrected chi connectivity index (χ1v) is 6.95. The number of sulfonamides is 1. The zero-order valence-electron chi connectivity index (χ0n) is 10.0. The number of nitrogens with zero attached hydrogens (tertiary/aromatic N) is 2. The summed E-state index contributed by atoms with van der Waals surface area (Å²) in [5.41, 5.74) is 0.352. The molecule has 0 spiro atoms. The van der Waals surface area contributed by atoms with Crippen molar-refractivity contribution in [3.8, 4) is 0 Å². The first-order valence-electron chi connectivity index (χ1n) is 5.10. The minimum Gasteiger partial charge on any atom is -0.480 e. The van der Waals surface area contributed by atoms with Gasteiger partial charge in [-0.2, -0.15) is 4.31 Å². The van der Waals surface area contributed by atoms with Gasteiger partial charge in [-0.3, -0.25) is 14.9 Å². The predicted molar refractivity (Wildman–Crippen MR) is 66.0 cm³/mol. The molecule has 8 nitrogen and oxygen atoms in total. The molecule has 0 radical (unpaired) electrons. The molecule has 1 N–H and O–H groups in total. The number of benzene rings is 1. The molecule has 1 aromatic rings. The maximum absolute atomic E-state index is 11.4. The molecule has 19 heavy (non-hydrogen) atoms. The molecule has 1 rings (SSSR count). The summed E-state index contributed by atoms with van der Waals surface area (Å²) in [6.07, 6.45) is 0.904. The van der Waals surface area contributed by atoms with E-state index in [9.17, 15) is 23.3 Å². The highest BCUT2D eigenvalue weighted by molar-refractivity contribution is 7.88. The molecule has 0 heterocycles. The van der Waals surface area contributed by atoms with Gasteiger partial charge in [0.1, 0.15) is 6.54 Å². The Labute approximate surface area is 109 Å². The lowest BCUT2D eigenvalue weighted by atomic mass is 10.2. The fraction of sp³-hybridized carbons (Fsp3) is 0.300. The van der Waals surface area contributed by atoms with E-state index < -0.39 is 27.5 Å². The molecule has 0 unspecified atom stereocenters. The molecule has 0 aromatic heterocycles. The van der Waals surface area contributed by atoms with E-state index in [4.69, 9.17) is 5.11 Å². The van der Waals surface area contributed by atoms with Crippen LogP contribution in [-0.2, 0) is 21.4 Å². The van der Waals surface area contributed by atoms with Crippen molar-refractivity contribution in [2.75, 3.05) is 12.8 Å². The third-order valence-electron chi connectivity index (χ3n) is 2.29. The van der Waals surface area contributed by atoms with E-state index in [1.165, 1.54) is 24.3 Å².